The summed E-state index contributed by atoms with van der Waals surface area (Å²) < 4.78 is 35.3. The minimum atomic E-state index is -3.58. The van der Waals surface area contributed by atoms with Gasteiger partial charge in [-0.25, -0.2) is 8.42 Å². The molecule has 1 N–H and O–H groups in total. The SMILES string of the molecule is Cc1cccc(S(=O)(=O)Nc2ccc3nsnc3c2)c1. The zero-order chi connectivity index (χ0) is 14.2. The van der Waals surface area contributed by atoms with Gasteiger partial charge in [0.15, 0.2) is 0 Å². The zero-order valence-corrected chi connectivity index (χ0v) is 12.2. The van der Waals surface area contributed by atoms with Gasteiger partial charge in [-0.3, -0.25) is 4.72 Å². The van der Waals surface area contributed by atoms with E-state index >= 15 is 0 Å². The molecule has 0 spiro atoms. The Labute approximate surface area is 120 Å². The first-order valence-electron chi connectivity index (χ1n) is 5.86. The summed E-state index contributed by atoms with van der Waals surface area (Å²) in [7, 11) is -3.58. The van der Waals surface area contributed by atoms with Crippen molar-refractivity contribution in [2.24, 2.45) is 0 Å². The Hall–Kier alpha value is -1.99. The summed E-state index contributed by atoms with van der Waals surface area (Å²) in [6, 6.07) is 11.9. The number of sulfonamides is 1. The molecule has 0 aliphatic heterocycles. The molecule has 3 aromatic rings. The Morgan fingerprint density at radius 2 is 1.85 bits per heavy atom. The number of rotatable bonds is 3. The molecule has 20 heavy (non-hydrogen) atoms. The topological polar surface area (TPSA) is 72.0 Å². The van der Waals surface area contributed by atoms with E-state index in [2.05, 4.69) is 13.5 Å². The van der Waals surface area contributed by atoms with Crippen LogP contribution in [0.2, 0.25) is 0 Å². The highest BCUT2D eigenvalue weighted by atomic mass is 32.2. The van der Waals surface area contributed by atoms with Crippen molar-refractivity contribution in [3.8, 4) is 0 Å². The summed E-state index contributed by atoms with van der Waals surface area (Å²) in [6.07, 6.45) is 0. The number of hydrogen-bond acceptors (Lipinski definition) is 5. The van der Waals surface area contributed by atoms with Crippen molar-refractivity contribution in [3.05, 3.63) is 48.0 Å². The standard InChI is InChI=1S/C13H11N3O2S2/c1-9-3-2-4-11(7-9)20(17,18)16-10-5-6-12-13(8-10)15-19-14-12/h2-8,16H,1H3. The van der Waals surface area contributed by atoms with Crippen LogP contribution >= 0.6 is 11.7 Å². The Morgan fingerprint density at radius 3 is 2.65 bits per heavy atom. The van der Waals surface area contributed by atoms with E-state index in [9.17, 15) is 8.42 Å². The molecule has 0 amide bonds. The number of aromatic nitrogens is 2. The van der Waals surface area contributed by atoms with Gasteiger partial charge in [0, 0.05) is 0 Å². The predicted octanol–water partition coefficient (Wildman–Crippen LogP) is 2.80. The quantitative estimate of drug-likeness (QED) is 0.807. The number of aryl methyl sites for hydroxylation is 1. The van der Waals surface area contributed by atoms with Crippen LogP contribution in [0, 0.1) is 6.92 Å². The third kappa shape index (κ3) is 2.50. The molecule has 1 heterocycles. The molecular weight excluding hydrogens is 294 g/mol. The zero-order valence-electron chi connectivity index (χ0n) is 10.6. The van der Waals surface area contributed by atoms with Crippen LogP contribution in [-0.4, -0.2) is 17.2 Å². The van der Waals surface area contributed by atoms with Crippen LogP contribution in [0.15, 0.2) is 47.4 Å². The second-order valence-corrected chi connectivity index (χ2v) is 6.60. The Balaban J connectivity index is 1.96. The maximum Gasteiger partial charge on any atom is 0.261 e. The molecule has 0 aliphatic carbocycles. The molecule has 0 atom stereocenters. The molecule has 7 heteroatoms. The third-order valence-corrected chi connectivity index (χ3v) is 4.74. The van der Waals surface area contributed by atoms with E-state index in [-0.39, 0.29) is 4.90 Å². The smallest absolute Gasteiger partial charge is 0.261 e. The van der Waals surface area contributed by atoms with Gasteiger partial charge in [0.05, 0.1) is 22.3 Å². The molecule has 5 nitrogen and oxygen atoms in total. The molecule has 0 aliphatic rings. The monoisotopic (exact) mass is 305 g/mol. The fourth-order valence-electron chi connectivity index (χ4n) is 1.84. The van der Waals surface area contributed by atoms with Crippen molar-refractivity contribution in [2.45, 2.75) is 11.8 Å². The van der Waals surface area contributed by atoms with E-state index in [1.54, 1.807) is 36.4 Å². The van der Waals surface area contributed by atoms with Crippen LogP contribution in [0.25, 0.3) is 11.0 Å². The summed E-state index contributed by atoms with van der Waals surface area (Å²) in [5, 5.41) is 0. The number of nitrogens with one attached hydrogen (secondary N) is 1. The number of hydrogen-bond donors (Lipinski definition) is 1. The van der Waals surface area contributed by atoms with Gasteiger partial charge in [-0.1, -0.05) is 12.1 Å². The highest BCUT2D eigenvalue weighted by molar-refractivity contribution is 7.92. The molecule has 2 aromatic carbocycles. The van der Waals surface area contributed by atoms with Gasteiger partial charge in [0.1, 0.15) is 11.0 Å². The molecule has 0 bridgehead atoms. The number of nitrogens with zero attached hydrogens (tertiary/aromatic N) is 2. The molecule has 102 valence electrons. The van der Waals surface area contributed by atoms with Gasteiger partial charge >= 0.3 is 0 Å². The molecule has 0 saturated heterocycles. The van der Waals surface area contributed by atoms with Crippen molar-refractivity contribution in [2.75, 3.05) is 4.72 Å². The van der Waals surface area contributed by atoms with Crippen LogP contribution in [0.4, 0.5) is 5.69 Å². The Kier molecular flexibility index (Phi) is 3.15. The molecule has 0 radical (unpaired) electrons. The summed E-state index contributed by atoms with van der Waals surface area (Å²) in [5.74, 6) is 0. The van der Waals surface area contributed by atoms with Crippen molar-refractivity contribution < 1.29 is 8.42 Å². The highest BCUT2D eigenvalue weighted by Crippen LogP contribution is 2.20. The molecular formula is C13H11N3O2S2. The van der Waals surface area contributed by atoms with E-state index in [0.717, 1.165) is 22.8 Å². The van der Waals surface area contributed by atoms with E-state index in [1.165, 1.54) is 0 Å². The number of anilines is 1. The van der Waals surface area contributed by atoms with Crippen LogP contribution in [0.5, 0.6) is 0 Å². The van der Waals surface area contributed by atoms with Gasteiger partial charge in [0.25, 0.3) is 10.0 Å². The summed E-state index contributed by atoms with van der Waals surface area (Å²) >= 11 is 1.10. The number of benzene rings is 2. The van der Waals surface area contributed by atoms with Crippen LogP contribution < -0.4 is 4.72 Å². The van der Waals surface area contributed by atoms with Crippen LogP contribution in [0.3, 0.4) is 0 Å². The van der Waals surface area contributed by atoms with Gasteiger partial charge < -0.3 is 0 Å². The maximum absolute atomic E-state index is 12.3. The first kappa shape index (κ1) is 13.0. The molecule has 3 rings (SSSR count). The average molecular weight is 305 g/mol. The lowest BCUT2D eigenvalue weighted by Crippen LogP contribution is -2.12. The largest absolute Gasteiger partial charge is 0.280 e. The maximum atomic E-state index is 12.3. The molecule has 0 fully saturated rings. The van der Waals surface area contributed by atoms with Gasteiger partial charge in [-0.05, 0) is 42.8 Å². The Bertz CT molecular complexity index is 872. The Morgan fingerprint density at radius 1 is 1.05 bits per heavy atom. The van der Waals surface area contributed by atoms with E-state index < -0.39 is 10.0 Å². The molecule has 0 saturated carbocycles. The third-order valence-electron chi connectivity index (χ3n) is 2.81. The lowest BCUT2D eigenvalue weighted by atomic mass is 10.2. The van der Waals surface area contributed by atoms with E-state index in [1.807, 2.05) is 13.0 Å². The van der Waals surface area contributed by atoms with Gasteiger partial charge in [0.2, 0.25) is 0 Å². The fourth-order valence-corrected chi connectivity index (χ4v) is 3.51. The summed E-state index contributed by atoms with van der Waals surface area (Å²) in [5.41, 5.74) is 2.81. The van der Waals surface area contributed by atoms with Crippen molar-refractivity contribution in [1.82, 2.24) is 8.75 Å². The first-order valence-corrected chi connectivity index (χ1v) is 8.08. The van der Waals surface area contributed by atoms with Crippen molar-refractivity contribution >= 4 is 38.5 Å². The van der Waals surface area contributed by atoms with Crippen molar-refractivity contribution in [1.29, 1.82) is 0 Å². The second-order valence-electron chi connectivity index (χ2n) is 4.39. The highest BCUT2D eigenvalue weighted by Gasteiger charge is 2.14. The van der Waals surface area contributed by atoms with Crippen LogP contribution in [0.1, 0.15) is 5.56 Å². The lowest BCUT2D eigenvalue weighted by molar-refractivity contribution is 0.601. The van der Waals surface area contributed by atoms with Crippen molar-refractivity contribution in [3.63, 3.8) is 0 Å². The van der Waals surface area contributed by atoms with E-state index in [0.29, 0.717) is 11.2 Å². The van der Waals surface area contributed by atoms with E-state index in [4.69, 9.17) is 0 Å². The predicted molar refractivity (Wildman–Crippen MR) is 79.4 cm³/mol. The molecule has 0 unspecified atom stereocenters. The minimum Gasteiger partial charge on any atom is -0.280 e. The summed E-state index contributed by atoms with van der Waals surface area (Å²) in [6.45, 7) is 1.85. The fraction of sp³-hybridized carbons (Fsp3) is 0.0769. The molecule has 1 aromatic heterocycles. The number of fused-ring (bicyclic) bond motifs is 1. The first-order chi connectivity index (χ1) is 9.54. The minimum absolute atomic E-state index is 0.244. The normalized spacial score (nSPS) is 11.7. The summed E-state index contributed by atoms with van der Waals surface area (Å²) in [4.78, 5) is 0.244. The van der Waals surface area contributed by atoms with Crippen LogP contribution in [-0.2, 0) is 10.0 Å². The van der Waals surface area contributed by atoms with Gasteiger partial charge in [-0.15, -0.1) is 0 Å². The lowest BCUT2D eigenvalue weighted by Gasteiger charge is -2.08. The second kappa shape index (κ2) is 4.84. The average Bonchev–Trinajstić information content (AvgIpc) is 2.85. The van der Waals surface area contributed by atoms with Gasteiger partial charge in [-0.2, -0.15) is 8.75 Å².